The Morgan fingerprint density at radius 1 is 1.08 bits per heavy atom. The molecule has 1 spiro atoms. The van der Waals surface area contributed by atoms with Gasteiger partial charge in [0.15, 0.2) is 0 Å². The molecule has 2 aliphatic rings. The van der Waals surface area contributed by atoms with Crippen molar-refractivity contribution in [2.24, 2.45) is 11.3 Å². The summed E-state index contributed by atoms with van der Waals surface area (Å²) in [6.07, 6.45) is -3.21. The van der Waals surface area contributed by atoms with Gasteiger partial charge in [0, 0.05) is 32.0 Å². The van der Waals surface area contributed by atoms with Crippen LogP contribution in [0.15, 0.2) is 48.5 Å². The van der Waals surface area contributed by atoms with Gasteiger partial charge in [0.2, 0.25) is 11.8 Å². The first-order valence-electron chi connectivity index (χ1n) is 12.7. The highest BCUT2D eigenvalue weighted by Crippen LogP contribution is 2.48. The van der Waals surface area contributed by atoms with Gasteiger partial charge in [0.05, 0.1) is 11.1 Å². The molecule has 2 saturated heterocycles. The first kappa shape index (κ1) is 27.6. The van der Waals surface area contributed by atoms with E-state index in [1.54, 1.807) is 18.7 Å². The number of hydrogen-bond donors (Lipinski definition) is 2. The maximum absolute atomic E-state index is 14.3. The Bertz CT molecular complexity index is 1190. The van der Waals surface area contributed by atoms with E-state index in [0.717, 1.165) is 5.56 Å². The number of piperidine rings is 2. The molecule has 38 heavy (non-hydrogen) atoms. The van der Waals surface area contributed by atoms with Crippen LogP contribution in [0.3, 0.4) is 0 Å². The number of amides is 3. The molecule has 0 radical (unpaired) electrons. The van der Waals surface area contributed by atoms with E-state index >= 15 is 0 Å². The molecular formula is C28H31F4N3O3. The van der Waals surface area contributed by atoms with Gasteiger partial charge in [-0.3, -0.25) is 14.4 Å². The molecule has 2 N–H and O–H groups in total. The Labute approximate surface area is 218 Å². The van der Waals surface area contributed by atoms with Crippen molar-refractivity contribution in [1.82, 2.24) is 15.5 Å². The standard InChI is InChI=1S/C28H31F4N3O3/c1-17(2)24(34-25(37)20-14-19(28(30,31)32)8-9-22(20)29)26(38)35-12-10-27(11-13-35)15-23(36)33-16-21(27)18-6-4-3-5-7-18/h3-9,14,17,21,24H,10-13,15-16H2,1-2H3,(H,33,36)(H,34,37)/t21?,24-/m1/s1. The molecular weight excluding hydrogens is 502 g/mol. The predicted molar refractivity (Wildman–Crippen MR) is 133 cm³/mol. The number of nitrogens with one attached hydrogen (secondary N) is 2. The number of alkyl halides is 3. The number of hydrogen-bond acceptors (Lipinski definition) is 3. The lowest BCUT2D eigenvalue weighted by atomic mass is 9.62. The van der Waals surface area contributed by atoms with Crippen LogP contribution in [0.25, 0.3) is 0 Å². The van der Waals surface area contributed by atoms with Crippen LogP contribution in [-0.4, -0.2) is 48.3 Å². The van der Waals surface area contributed by atoms with Crippen LogP contribution in [0.4, 0.5) is 17.6 Å². The zero-order valence-electron chi connectivity index (χ0n) is 21.3. The van der Waals surface area contributed by atoms with Gasteiger partial charge in [-0.1, -0.05) is 44.2 Å². The van der Waals surface area contributed by atoms with Crippen molar-refractivity contribution >= 4 is 17.7 Å². The molecule has 2 aromatic rings. The molecule has 10 heteroatoms. The summed E-state index contributed by atoms with van der Waals surface area (Å²) in [6.45, 7) is 4.66. The van der Waals surface area contributed by atoms with Crippen molar-refractivity contribution in [3.63, 3.8) is 0 Å². The number of carbonyl (C=O) groups excluding carboxylic acids is 3. The van der Waals surface area contributed by atoms with Crippen LogP contribution >= 0.6 is 0 Å². The van der Waals surface area contributed by atoms with E-state index in [4.69, 9.17) is 0 Å². The lowest BCUT2D eigenvalue weighted by Crippen LogP contribution is -2.57. The molecule has 3 amide bonds. The Kier molecular flexibility index (Phi) is 7.80. The van der Waals surface area contributed by atoms with Crippen LogP contribution in [-0.2, 0) is 15.8 Å². The molecule has 6 nitrogen and oxygen atoms in total. The summed E-state index contributed by atoms with van der Waals surface area (Å²) < 4.78 is 53.6. The van der Waals surface area contributed by atoms with Crippen molar-refractivity contribution in [3.8, 4) is 0 Å². The topological polar surface area (TPSA) is 78.5 Å². The molecule has 2 aromatic carbocycles. The maximum atomic E-state index is 14.3. The van der Waals surface area contributed by atoms with Crippen LogP contribution in [0.1, 0.15) is 60.5 Å². The molecule has 1 unspecified atom stereocenters. The second-order valence-electron chi connectivity index (χ2n) is 10.5. The summed E-state index contributed by atoms with van der Waals surface area (Å²) in [6, 6.07) is 10.5. The van der Waals surface area contributed by atoms with Gasteiger partial charge < -0.3 is 15.5 Å². The molecule has 2 atom stereocenters. The van der Waals surface area contributed by atoms with Gasteiger partial charge in [-0.05, 0) is 47.9 Å². The second-order valence-corrected chi connectivity index (χ2v) is 10.5. The lowest BCUT2D eigenvalue weighted by Gasteiger charge is -2.49. The molecule has 2 fully saturated rings. The van der Waals surface area contributed by atoms with E-state index < -0.39 is 41.0 Å². The molecule has 4 rings (SSSR count). The monoisotopic (exact) mass is 533 g/mol. The number of rotatable bonds is 5. The quantitative estimate of drug-likeness (QED) is 0.556. The number of benzene rings is 2. The van der Waals surface area contributed by atoms with Gasteiger partial charge in [-0.25, -0.2) is 4.39 Å². The number of likely N-dealkylation sites (tertiary alicyclic amines) is 1. The third-order valence-corrected chi connectivity index (χ3v) is 7.79. The van der Waals surface area contributed by atoms with Crippen molar-refractivity contribution in [2.75, 3.05) is 19.6 Å². The van der Waals surface area contributed by atoms with Crippen molar-refractivity contribution in [3.05, 3.63) is 71.0 Å². The van der Waals surface area contributed by atoms with Crippen molar-refractivity contribution < 1.29 is 31.9 Å². The van der Waals surface area contributed by atoms with Crippen LogP contribution in [0, 0.1) is 17.2 Å². The fraction of sp³-hybridized carbons (Fsp3) is 0.464. The average molecular weight is 534 g/mol. The summed E-state index contributed by atoms with van der Waals surface area (Å²) in [5, 5.41) is 5.42. The summed E-state index contributed by atoms with van der Waals surface area (Å²) in [5.74, 6) is -2.88. The molecule has 2 heterocycles. The highest BCUT2D eigenvalue weighted by molar-refractivity contribution is 5.98. The van der Waals surface area contributed by atoms with E-state index in [1.807, 2.05) is 30.3 Å². The van der Waals surface area contributed by atoms with Gasteiger partial charge >= 0.3 is 6.18 Å². The number of halogens is 4. The van der Waals surface area contributed by atoms with Crippen molar-refractivity contribution in [1.29, 1.82) is 0 Å². The van der Waals surface area contributed by atoms with Gasteiger partial charge in [0.1, 0.15) is 11.9 Å². The molecule has 0 saturated carbocycles. The molecule has 0 bridgehead atoms. The first-order chi connectivity index (χ1) is 17.9. The fourth-order valence-corrected chi connectivity index (χ4v) is 5.60. The first-order valence-corrected chi connectivity index (χ1v) is 12.7. The van der Waals surface area contributed by atoms with E-state index in [2.05, 4.69) is 10.6 Å². The Morgan fingerprint density at radius 3 is 2.34 bits per heavy atom. The third kappa shape index (κ3) is 5.68. The molecule has 2 aliphatic heterocycles. The van der Waals surface area contributed by atoms with E-state index in [-0.39, 0.29) is 23.1 Å². The fourth-order valence-electron chi connectivity index (χ4n) is 5.60. The summed E-state index contributed by atoms with van der Waals surface area (Å²) in [4.78, 5) is 40.2. The molecule has 204 valence electrons. The maximum Gasteiger partial charge on any atom is 0.416 e. The Hall–Kier alpha value is -3.43. The average Bonchev–Trinajstić information content (AvgIpc) is 2.87. The minimum Gasteiger partial charge on any atom is -0.355 e. The SMILES string of the molecule is CC(C)[C@@H](NC(=O)c1cc(C(F)(F)F)ccc1F)C(=O)N1CCC2(CC1)CC(=O)NCC2c1ccccc1. The van der Waals surface area contributed by atoms with E-state index in [9.17, 15) is 31.9 Å². The molecule has 0 aromatic heterocycles. The minimum atomic E-state index is -4.74. The van der Waals surface area contributed by atoms with Crippen LogP contribution in [0.5, 0.6) is 0 Å². The number of carbonyl (C=O) groups is 3. The predicted octanol–water partition coefficient (Wildman–Crippen LogP) is 4.51. The zero-order chi connectivity index (χ0) is 27.7. The Morgan fingerprint density at radius 2 is 1.74 bits per heavy atom. The summed E-state index contributed by atoms with van der Waals surface area (Å²) >= 11 is 0. The summed E-state index contributed by atoms with van der Waals surface area (Å²) in [7, 11) is 0. The van der Waals surface area contributed by atoms with Crippen LogP contribution < -0.4 is 10.6 Å². The number of nitrogens with zero attached hydrogens (tertiary/aromatic N) is 1. The normalized spacial score (nSPS) is 20.2. The lowest BCUT2D eigenvalue weighted by molar-refractivity contribution is -0.139. The summed E-state index contributed by atoms with van der Waals surface area (Å²) in [5.41, 5.74) is -1.10. The van der Waals surface area contributed by atoms with E-state index in [1.165, 1.54) is 0 Å². The van der Waals surface area contributed by atoms with E-state index in [0.29, 0.717) is 57.1 Å². The molecule has 0 aliphatic carbocycles. The zero-order valence-corrected chi connectivity index (χ0v) is 21.3. The van der Waals surface area contributed by atoms with Crippen molar-refractivity contribution in [2.45, 2.75) is 51.2 Å². The highest BCUT2D eigenvalue weighted by atomic mass is 19.4. The Balaban J connectivity index is 1.48. The largest absolute Gasteiger partial charge is 0.416 e. The highest BCUT2D eigenvalue weighted by Gasteiger charge is 2.47. The third-order valence-electron chi connectivity index (χ3n) is 7.79. The second kappa shape index (κ2) is 10.7. The van der Waals surface area contributed by atoms with Gasteiger partial charge in [-0.15, -0.1) is 0 Å². The minimum absolute atomic E-state index is 0.0209. The van der Waals surface area contributed by atoms with Crippen LogP contribution in [0.2, 0.25) is 0 Å². The van der Waals surface area contributed by atoms with Gasteiger partial charge in [0.25, 0.3) is 5.91 Å². The van der Waals surface area contributed by atoms with Gasteiger partial charge in [-0.2, -0.15) is 13.2 Å². The smallest absolute Gasteiger partial charge is 0.355 e.